The minimum atomic E-state index is -0.243. The Hall–Kier alpha value is -2.69. The zero-order valence-electron chi connectivity index (χ0n) is 15.0. The van der Waals surface area contributed by atoms with E-state index in [0.29, 0.717) is 30.2 Å². The molecular weight excluding hydrogens is 318 g/mol. The lowest BCUT2D eigenvalue weighted by atomic mass is 9.92. The summed E-state index contributed by atoms with van der Waals surface area (Å²) in [5.74, 6) is 1.86. The molecule has 25 heavy (non-hydrogen) atoms. The summed E-state index contributed by atoms with van der Waals surface area (Å²) in [7, 11) is 4.82. The molecule has 1 amide bonds. The number of hydrogen-bond donors (Lipinski definition) is 0. The van der Waals surface area contributed by atoms with Crippen LogP contribution in [0.2, 0.25) is 0 Å². The number of likely N-dealkylation sites (N-methyl/N-ethyl adjacent to an activating group) is 1. The average molecular weight is 341 g/mol. The van der Waals surface area contributed by atoms with Crippen molar-refractivity contribution in [3.63, 3.8) is 0 Å². The molecule has 5 nitrogen and oxygen atoms in total. The smallest absolute Gasteiger partial charge is 0.234 e. The van der Waals surface area contributed by atoms with Gasteiger partial charge in [0.25, 0.3) is 0 Å². The van der Waals surface area contributed by atoms with Gasteiger partial charge in [-0.1, -0.05) is 18.2 Å². The van der Waals surface area contributed by atoms with Gasteiger partial charge in [0.15, 0.2) is 0 Å². The second-order valence-electron chi connectivity index (χ2n) is 5.91. The Morgan fingerprint density at radius 1 is 1.00 bits per heavy atom. The number of ether oxygens (including phenoxy) is 3. The van der Waals surface area contributed by atoms with E-state index in [2.05, 4.69) is 0 Å². The summed E-state index contributed by atoms with van der Waals surface area (Å²) in [5.41, 5.74) is 2.91. The average Bonchev–Trinajstić information content (AvgIpc) is 2.92. The molecule has 0 bridgehead atoms. The van der Waals surface area contributed by atoms with Gasteiger partial charge in [-0.15, -0.1) is 0 Å². The molecular formula is C20H23NO4. The van der Waals surface area contributed by atoms with E-state index in [-0.39, 0.29) is 11.8 Å². The first-order chi connectivity index (χ1) is 12.1. The van der Waals surface area contributed by atoms with Crippen LogP contribution in [0.5, 0.6) is 17.2 Å². The number of para-hydroxylation sites is 1. The lowest BCUT2D eigenvalue weighted by molar-refractivity contribution is -0.119. The number of fused-ring (bicyclic) bond motifs is 1. The van der Waals surface area contributed by atoms with Crippen LogP contribution in [0.15, 0.2) is 36.4 Å². The van der Waals surface area contributed by atoms with Gasteiger partial charge in [-0.05, 0) is 25.0 Å². The summed E-state index contributed by atoms with van der Waals surface area (Å²) in [5, 5.41) is 0. The van der Waals surface area contributed by atoms with E-state index in [1.807, 2.05) is 48.2 Å². The highest BCUT2D eigenvalue weighted by Gasteiger charge is 2.37. The van der Waals surface area contributed by atoms with Crippen LogP contribution in [0.25, 0.3) is 0 Å². The molecule has 2 aromatic carbocycles. The second-order valence-corrected chi connectivity index (χ2v) is 5.91. The first kappa shape index (κ1) is 17.1. The zero-order chi connectivity index (χ0) is 18.0. The van der Waals surface area contributed by atoms with Crippen LogP contribution >= 0.6 is 0 Å². The molecule has 1 atom stereocenters. The van der Waals surface area contributed by atoms with E-state index in [4.69, 9.17) is 14.2 Å². The largest absolute Gasteiger partial charge is 0.496 e. The quantitative estimate of drug-likeness (QED) is 0.808. The minimum absolute atomic E-state index is 0.114. The van der Waals surface area contributed by atoms with Gasteiger partial charge in [-0.3, -0.25) is 4.79 Å². The van der Waals surface area contributed by atoms with Crippen LogP contribution in [0, 0.1) is 0 Å². The van der Waals surface area contributed by atoms with E-state index in [0.717, 1.165) is 16.8 Å². The van der Waals surface area contributed by atoms with Crippen molar-refractivity contribution in [1.82, 2.24) is 0 Å². The lowest BCUT2D eigenvalue weighted by Gasteiger charge is -2.18. The summed E-state index contributed by atoms with van der Waals surface area (Å²) < 4.78 is 16.4. The summed E-state index contributed by atoms with van der Waals surface area (Å²) in [6.45, 7) is 2.65. The Balaban J connectivity index is 2.04. The molecule has 3 rings (SSSR count). The van der Waals surface area contributed by atoms with Crippen LogP contribution in [-0.2, 0) is 11.2 Å². The molecule has 1 aliphatic rings. The van der Waals surface area contributed by atoms with Crippen molar-refractivity contribution < 1.29 is 19.0 Å². The van der Waals surface area contributed by atoms with Gasteiger partial charge in [0.05, 0.1) is 27.2 Å². The van der Waals surface area contributed by atoms with E-state index in [1.165, 1.54) is 0 Å². The second kappa shape index (κ2) is 7.05. The number of anilines is 1. The normalized spacial score (nSPS) is 15.9. The van der Waals surface area contributed by atoms with Crippen molar-refractivity contribution in [2.45, 2.75) is 19.3 Å². The molecule has 0 saturated carbocycles. The highest BCUT2D eigenvalue weighted by molar-refractivity contribution is 6.05. The summed E-state index contributed by atoms with van der Waals surface area (Å²) >= 11 is 0. The predicted molar refractivity (Wildman–Crippen MR) is 97.0 cm³/mol. The number of hydrogen-bond acceptors (Lipinski definition) is 4. The number of amides is 1. The van der Waals surface area contributed by atoms with Crippen LogP contribution < -0.4 is 19.1 Å². The third kappa shape index (κ3) is 2.90. The Kier molecular flexibility index (Phi) is 4.83. The van der Waals surface area contributed by atoms with Crippen LogP contribution in [0.3, 0.4) is 0 Å². The van der Waals surface area contributed by atoms with Crippen LogP contribution in [-0.4, -0.2) is 33.8 Å². The fourth-order valence-electron chi connectivity index (χ4n) is 3.47. The fourth-order valence-corrected chi connectivity index (χ4v) is 3.47. The first-order valence-electron chi connectivity index (χ1n) is 8.33. The Bertz CT molecular complexity index is 762. The van der Waals surface area contributed by atoms with E-state index in [9.17, 15) is 4.79 Å². The molecule has 132 valence electrons. The maximum Gasteiger partial charge on any atom is 0.234 e. The highest BCUT2D eigenvalue weighted by Crippen LogP contribution is 2.43. The van der Waals surface area contributed by atoms with Crippen molar-refractivity contribution in [3.8, 4) is 17.2 Å². The Morgan fingerprint density at radius 2 is 1.64 bits per heavy atom. The van der Waals surface area contributed by atoms with Gasteiger partial charge >= 0.3 is 0 Å². The van der Waals surface area contributed by atoms with Crippen molar-refractivity contribution >= 4 is 11.6 Å². The van der Waals surface area contributed by atoms with Crippen molar-refractivity contribution in [2.75, 3.05) is 32.8 Å². The molecule has 1 aliphatic heterocycles. The minimum Gasteiger partial charge on any atom is -0.496 e. The number of carbonyl (C=O) groups excluding carboxylic acids is 1. The molecule has 0 saturated heterocycles. The van der Waals surface area contributed by atoms with Crippen LogP contribution in [0.1, 0.15) is 24.0 Å². The fraction of sp³-hybridized carbons (Fsp3) is 0.350. The summed E-state index contributed by atoms with van der Waals surface area (Å²) in [6.07, 6.45) is 0.517. The molecule has 0 radical (unpaired) electrons. The summed E-state index contributed by atoms with van der Waals surface area (Å²) in [6, 6.07) is 11.6. The van der Waals surface area contributed by atoms with Crippen molar-refractivity contribution in [3.05, 3.63) is 47.5 Å². The number of rotatable bonds is 6. The first-order valence-corrected chi connectivity index (χ1v) is 8.33. The zero-order valence-corrected chi connectivity index (χ0v) is 15.0. The Labute approximate surface area is 148 Å². The SMILES string of the molecule is CCN1C(=O)C(Cc2c(OC)cc(OC)cc2OC)c2ccccc21. The molecule has 0 N–H and O–H groups in total. The molecule has 1 heterocycles. The lowest BCUT2D eigenvalue weighted by Crippen LogP contribution is -2.29. The topological polar surface area (TPSA) is 48.0 Å². The number of nitrogens with zero attached hydrogens (tertiary/aromatic N) is 1. The van der Waals surface area contributed by atoms with Gasteiger partial charge in [0, 0.05) is 29.9 Å². The van der Waals surface area contributed by atoms with Gasteiger partial charge < -0.3 is 19.1 Å². The van der Waals surface area contributed by atoms with Crippen LogP contribution in [0.4, 0.5) is 5.69 Å². The number of benzene rings is 2. The van der Waals surface area contributed by atoms with E-state index in [1.54, 1.807) is 21.3 Å². The van der Waals surface area contributed by atoms with E-state index >= 15 is 0 Å². The van der Waals surface area contributed by atoms with Crippen molar-refractivity contribution in [1.29, 1.82) is 0 Å². The van der Waals surface area contributed by atoms with E-state index < -0.39 is 0 Å². The van der Waals surface area contributed by atoms with Gasteiger partial charge in [-0.25, -0.2) is 0 Å². The predicted octanol–water partition coefficient (Wildman–Crippen LogP) is 3.41. The molecule has 5 heteroatoms. The molecule has 0 fully saturated rings. The Morgan fingerprint density at radius 3 is 2.20 bits per heavy atom. The molecule has 1 unspecified atom stereocenters. The number of methoxy groups -OCH3 is 3. The number of carbonyl (C=O) groups is 1. The highest BCUT2D eigenvalue weighted by atomic mass is 16.5. The van der Waals surface area contributed by atoms with Crippen molar-refractivity contribution in [2.24, 2.45) is 0 Å². The maximum absolute atomic E-state index is 12.9. The molecule has 0 aliphatic carbocycles. The monoisotopic (exact) mass is 341 g/mol. The van der Waals surface area contributed by atoms with Gasteiger partial charge in [0.1, 0.15) is 17.2 Å². The maximum atomic E-state index is 12.9. The third-order valence-electron chi connectivity index (χ3n) is 4.71. The molecule has 0 spiro atoms. The molecule has 2 aromatic rings. The standard InChI is InChI=1S/C20H23NO4/c1-5-21-17-9-7-6-8-14(17)15(20(21)22)12-16-18(24-3)10-13(23-2)11-19(16)25-4/h6-11,15H,5,12H2,1-4H3. The third-order valence-corrected chi connectivity index (χ3v) is 4.71. The summed E-state index contributed by atoms with van der Waals surface area (Å²) in [4.78, 5) is 14.8. The molecule has 0 aromatic heterocycles. The van der Waals surface area contributed by atoms with Gasteiger partial charge in [0.2, 0.25) is 5.91 Å². The van der Waals surface area contributed by atoms with Gasteiger partial charge in [-0.2, -0.15) is 0 Å².